The highest BCUT2D eigenvalue weighted by molar-refractivity contribution is 5.42. The first-order valence-electron chi connectivity index (χ1n) is 8.72. The maximum Gasteiger partial charge on any atom is 0.161 e. The van der Waals surface area contributed by atoms with Gasteiger partial charge in [-0.1, -0.05) is 12.1 Å². The van der Waals surface area contributed by atoms with Gasteiger partial charge in [0.15, 0.2) is 11.5 Å². The van der Waals surface area contributed by atoms with E-state index in [1.165, 1.54) is 11.1 Å². The fraction of sp³-hybridized carbons (Fsp3) is 0.450. The molecule has 134 valence electrons. The van der Waals surface area contributed by atoms with Gasteiger partial charge in [0.05, 0.1) is 20.3 Å². The smallest absolute Gasteiger partial charge is 0.161 e. The quantitative estimate of drug-likeness (QED) is 0.737. The molecule has 1 fully saturated rings. The molecule has 5 heteroatoms. The minimum absolute atomic E-state index is 0.316. The number of methoxy groups -OCH3 is 2. The molecule has 1 aliphatic heterocycles. The van der Waals surface area contributed by atoms with E-state index in [2.05, 4.69) is 22.0 Å². The van der Waals surface area contributed by atoms with Gasteiger partial charge in [-0.3, -0.25) is 9.88 Å². The first-order valence-corrected chi connectivity index (χ1v) is 8.72. The summed E-state index contributed by atoms with van der Waals surface area (Å²) in [4.78, 5) is 6.64. The van der Waals surface area contributed by atoms with Crippen LogP contribution in [0.25, 0.3) is 0 Å². The van der Waals surface area contributed by atoms with Crippen LogP contribution in [0, 0.1) is 0 Å². The van der Waals surface area contributed by atoms with Crippen LogP contribution < -0.4 is 9.47 Å². The number of aromatic nitrogens is 1. The van der Waals surface area contributed by atoms with Crippen molar-refractivity contribution in [3.05, 3.63) is 53.9 Å². The molecule has 1 saturated heterocycles. The topological polar surface area (TPSA) is 43.8 Å². The molecule has 1 atom stereocenters. The van der Waals surface area contributed by atoms with E-state index in [0.29, 0.717) is 6.10 Å². The Morgan fingerprint density at radius 3 is 2.64 bits per heavy atom. The van der Waals surface area contributed by atoms with Gasteiger partial charge >= 0.3 is 0 Å². The standard InChI is InChI=1S/C20H26N2O3/c1-23-19-8-7-16(11-20(19)24-2)13-22(15-18-6-4-10-25-18)14-17-5-3-9-21-12-17/h3,5,7-9,11-12,18H,4,6,10,13-15H2,1-2H3. The number of hydrogen-bond donors (Lipinski definition) is 0. The third kappa shape index (κ3) is 4.94. The predicted octanol–water partition coefficient (Wildman–Crippen LogP) is 3.28. The molecule has 0 radical (unpaired) electrons. The van der Waals surface area contributed by atoms with Gasteiger partial charge in [0.25, 0.3) is 0 Å². The largest absolute Gasteiger partial charge is 0.493 e. The lowest BCUT2D eigenvalue weighted by molar-refractivity contribution is 0.0678. The van der Waals surface area contributed by atoms with Gasteiger partial charge in [-0.2, -0.15) is 0 Å². The molecular weight excluding hydrogens is 316 g/mol. The number of pyridine rings is 1. The molecule has 1 aliphatic rings. The molecule has 0 N–H and O–H groups in total. The lowest BCUT2D eigenvalue weighted by atomic mass is 10.1. The van der Waals surface area contributed by atoms with E-state index in [4.69, 9.17) is 14.2 Å². The Labute approximate surface area is 149 Å². The van der Waals surface area contributed by atoms with Gasteiger partial charge in [0, 0.05) is 38.6 Å². The maximum atomic E-state index is 5.84. The number of benzene rings is 1. The molecule has 0 amide bonds. The van der Waals surface area contributed by atoms with Crippen molar-refractivity contribution in [1.82, 2.24) is 9.88 Å². The van der Waals surface area contributed by atoms with Gasteiger partial charge in [0.1, 0.15) is 0 Å². The summed E-state index contributed by atoms with van der Waals surface area (Å²) in [6, 6.07) is 10.2. The molecule has 1 aromatic carbocycles. The minimum atomic E-state index is 0.316. The average Bonchev–Trinajstić information content (AvgIpc) is 3.15. The van der Waals surface area contributed by atoms with Crippen LogP contribution in [-0.2, 0) is 17.8 Å². The molecule has 5 nitrogen and oxygen atoms in total. The monoisotopic (exact) mass is 342 g/mol. The highest BCUT2D eigenvalue weighted by atomic mass is 16.5. The van der Waals surface area contributed by atoms with E-state index in [-0.39, 0.29) is 0 Å². The van der Waals surface area contributed by atoms with Crippen LogP contribution in [0.1, 0.15) is 24.0 Å². The summed E-state index contributed by atoms with van der Waals surface area (Å²) in [6.07, 6.45) is 6.34. The van der Waals surface area contributed by atoms with Crippen molar-refractivity contribution in [2.45, 2.75) is 32.0 Å². The molecule has 3 rings (SSSR count). The molecule has 0 bridgehead atoms. The van der Waals surface area contributed by atoms with Crippen LogP contribution in [-0.4, -0.2) is 43.4 Å². The molecule has 0 saturated carbocycles. The molecule has 0 spiro atoms. The van der Waals surface area contributed by atoms with Gasteiger partial charge in [-0.05, 0) is 42.2 Å². The van der Waals surface area contributed by atoms with Crippen molar-refractivity contribution in [1.29, 1.82) is 0 Å². The van der Waals surface area contributed by atoms with E-state index in [1.54, 1.807) is 14.2 Å². The van der Waals surface area contributed by atoms with E-state index >= 15 is 0 Å². The number of rotatable bonds is 8. The zero-order chi connectivity index (χ0) is 17.5. The van der Waals surface area contributed by atoms with Crippen LogP contribution in [0.3, 0.4) is 0 Å². The summed E-state index contributed by atoms with van der Waals surface area (Å²) >= 11 is 0. The number of ether oxygens (including phenoxy) is 3. The van der Waals surface area contributed by atoms with E-state index < -0.39 is 0 Å². The molecule has 25 heavy (non-hydrogen) atoms. The number of hydrogen-bond acceptors (Lipinski definition) is 5. The fourth-order valence-electron chi connectivity index (χ4n) is 3.25. The highest BCUT2D eigenvalue weighted by Gasteiger charge is 2.20. The van der Waals surface area contributed by atoms with Crippen LogP contribution >= 0.6 is 0 Å². The second-order valence-corrected chi connectivity index (χ2v) is 6.36. The third-order valence-corrected chi connectivity index (χ3v) is 4.47. The Kier molecular flexibility index (Phi) is 6.25. The summed E-state index contributed by atoms with van der Waals surface area (Å²) in [6.45, 7) is 3.47. The Hall–Kier alpha value is -2.11. The first-order chi connectivity index (χ1) is 12.3. The van der Waals surface area contributed by atoms with Crippen LogP contribution in [0.15, 0.2) is 42.7 Å². The zero-order valence-electron chi connectivity index (χ0n) is 15.0. The van der Waals surface area contributed by atoms with E-state index in [9.17, 15) is 0 Å². The normalized spacial score (nSPS) is 17.0. The second kappa shape index (κ2) is 8.83. The van der Waals surface area contributed by atoms with Crippen molar-refractivity contribution < 1.29 is 14.2 Å². The van der Waals surface area contributed by atoms with E-state index in [1.807, 2.05) is 30.6 Å². The molecular formula is C20H26N2O3. The summed E-state index contributed by atoms with van der Waals surface area (Å²) in [5.74, 6) is 1.52. The Bertz CT molecular complexity index is 657. The lowest BCUT2D eigenvalue weighted by Gasteiger charge is -2.25. The SMILES string of the molecule is COc1ccc(CN(Cc2cccnc2)CC2CCCO2)cc1OC. The fourth-order valence-corrected chi connectivity index (χ4v) is 3.25. The lowest BCUT2D eigenvalue weighted by Crippen LogP contribution is -2.31. The van der Waals surface area contributed by atoms with E-state index in [0.717, 1.165) is 50.6 Å². The summed E-state index contributed by atoms with van der Waals surface area (Å²) < 4.78 is 16.6. The van der Waals surface area contributed by atoms with Crippen LogP contribution in [0.5, 0.6) is 11.5 Å². The Morgan fingerprint density at radius 1 is 1.12 bits per heavy atom. The molecule has 0 aliphatic carbocycles. The van der Waals surface area contributed by atoms with Crippen LogP contribution in [0.2, 0.25) is 0 Å². The maximum absolute atomic E-state index is 5.84. The van der Waals surface area contributed by atoms with Crippen molar-refractivity contribution in [2.75, 3.05) is 27.4 Å². The highest BCUT2D eigenvalue weighted by Crippen LogP contribution is 2.28. The Balaban J connectivity index is 1.73. The molecule has 1 aromatic heterocycles. The summed E-state index contributed by atoms with van der Waals surface area (Å²) in [5.41, 5.74) is 2.40. The van der Waals surface area contributed by atoms with Gasteiger partial charge in [0.2, 0.25) is 0 Å². The van der Waals surface area contributed by atoms with Crippen molar-refractivity contribution >= 4 is 0 Å². The van der Waals surface area contributed by atoms with Crippen molar-refractivity contribution in [3.63, 3.8) is 0 Å². The molecule has 2 heterocycles. The first kappa shape index (κ1) is 17.7. The van der Waals surface area contributed by atoms with Gasteiger partial charge in [-0.15, -0.1) is 0 Å². The van der Waals surface area contributed by atoms with Crippen LogP contribution in [0.4, 0.5) is 0 Å². The molecule has 2 aromatic rings. The number of nitrogens with zero attached hydrogens (tertiary/aromatic N) is 2. The zero-order valence-corrected chi connectivity index (χ0v) is 15.0. The van der Waals surface area contributed by atoms with Gasteiger partial charge < -0.3 is 14.2 Å². The third-order valence-electron chi connectivity index (χ3n) is 4.47. The van der Waals surface area contributed by atoms with Crippen molar-refractivity contribution in [2.24, 2.45) is 0 Å². The summed E-state index contributed by atoms with van der Waals surface area (Å²) in [7, 11) is 3.32. The van der Waals surface area contributed by atoms with Gasteiger partial charge in [-0.25, -0.2) is 0 Å². The summed E-state index contributed by atoms with van der Waals surface area (Å²) in [5, 5.41) is 0. The minimum Gasteiger partial charge on any atom is -0.493 e. The predicted molar refractivity (Wildman–Crippen MR) is 96.9 cm³/mol. The Morgan fingerprint density at radius 2 is 1.96 bits per heavy atom. The molecule has 1 unspecified atom stereocenters. The second-order valence-electron chi connectivity index (χ2n) is 6.36. The average molecular weight is 342 g/mol. The van der Waals surface area contributed by atoms with Crippen molar-refractivity contribution in [3.8, 4) is 11.5 Å².